The lowest BCUT2D eigenvalue weighted by atomic mass is 9.82. The Hall–Kier alpha value is -0.193. The number of hydrogen-bond acceptors (Lipinski definition) is 3. The highest BCUT2D eigenvalue weighted by molar-refractivity contribution is 6.74. The number of ketones is 1. The Bertz CT molecular complexity index is 383. The second-order valence-corrected chi connectivity index (χ2v) is 14.1. The molecule has 23 heavy (non-hydrogen) atoms. The molecule has 4 atom stereocenters. The molecule has 0 aromatic heterocycles. The molecule has 0 fully saturated rings. The highest BCUT2D eigenvalue weighted by atomic mass is 28.4. The van der Waals surface area contributed by atoms with Crippen molar-refractivity contribution >= 4 is 14.1 Å². The molecule has 0 aliphatic heterocycles. The van der Waals surface area contributed by atoms with Gasteiger partial charge in [-0.25, -0.2) is 0 Å². The average Bonchev–Trinajstić information content (AvgIpc) is 2.39. The predicted octanol–water partition coefficient (Wildman–Crippen LogP) is 4.89. The molecule has 0 saturated heterocycles. The quantitative estimate of drug-likeness (QED) is 0.638. The summed E-state index contributed by atoms with van der Waals surface area (Å²) in [7, 11) is -1.94. The fraction of sp³-hybridized carbons (Fsp3) is 0.947. The van der Waals surface area contributed by atoms with Crippen molar-refractivity contribution in [1.29, 1.82) is 0 Å². The smallest absolute Gasteiger partial charge is 0.192 e. The molecular weight excluding hydrogens is 304 g/mol. The van der Waals surface area contributed by atoms with E-state index in [-0.39, 0.29) is 40.6 Å². The molecule has 0 saturated carbocycles. The highest BCUT2D eigenvalue weighted by Crippen LogP contribution is 2.39. The minimum atomic E-state index is -1.94. The third kappa shape index (κ3) is 5.99. The van der Waals surface area contributed by atoms with Crippen molar-refractivity contribution in [2.45, 2.75) is 92.7 Å². The number of carbonyl (C=O) groups excluding carboxylic acids is 1. The van der Waals surface area contributed by atoms with Crippen molar-refractivity contribution < 1.29 is 14.3 Å². The normalized spacial score (nSPS) is 18.9. The molecule has 0 radical (unpaired) electrons. The number of aliphatic hydroxyl groups excluding tert-OH is 1. The molecule has 3 nitrogen and oxygen atoms in total. The highest BCUT2D eigenvalue weighted by Gasteiger charge is 2.42. The summed E-state index contributed by atoms with van der Waals surface area (Å²) in [6, 6.07) is 0. The molecule has 0 aromatic carbocycles. The van der Waals surface area contributed by atoms with Crippen LogP contribution >= 0.6 is 0 Å². The van der Waals surface area contributed by atoms with Crippen LogP contribution in [0.5, 0.6) is 0 Å². The number of rotatable bonds is 8. The van der Waals surface area contributed by atoms with Crippen molar-refractivity contribution in [1.82, 2.24) is 0 Å². The zero-order valence-corrected chi connectivity index (χ0v) is 18.2. The average molecular weight is 345 g/mol. The van der Waals surface area contributed by atoms with Crippen LogP contribution < -0.4 is 0 Å². The summed E-state index contributed by atoms with van der Waals surface area (Å²) in [6.07, 6.45) is -0.684. The van der Waals surface area contributed by atoms with Crippen molar-refractivity contribution in [2.75, 3.05) is 0 Å². The second-order valence-electron chi connectivity index (χ2n) is 9.30. The van der Waals surface area contributed by atoms with Gasteiger partial charge in [-0.05, 0) is 30.0 Å². The molecule has 0 aliphatic carbocycles. The monoisotopic (exact) mass is 344 g/mol. The third-order valence-electron chi connectivity index (χ3n) is 5.48. The zero-order chi connectivity index (χ0) is 18.7. The van der Waals surface area contributed by atoms with Gasteiger partial charge in [-0.1, -0.05) is 62.3 Å². The van der Waals surface area contributed by atoms with Crippen molar-refractivity contribution in [3.63, 3.8) is 0 Å². The summed E-state index contributed by atoms with van der Waals surface area (Å²) in [5.74, 6) is -0.0863. The lowest BCUT2D eigenvalue weighted by Crippen LogP contribution is -2.49. The van der Waals surface area contributed by atoms with Crippen LogP contribution in [0, 0.1) is 23.7 Å². The van der Waals surface area contributed by atoms with Crippen LogP contribution in [0.2, 0.25) is 18.1 Å². The number of hydrogen-bond donors (Lipinski definition) is 1. The van der Waals surface area contributed by atoms with E-state index in [2.05, 4.69) is 47.7 Å². The second kappa shape index (κ2) is 8.26. The predicted molar refractivity (Wildman–Crippen MR) is 101 cm³/mol. The van der Waals surface area contributed by atoms with Crippen LogP contribution in [-0.4, -0.2) is 31.4 Å². The van der Waals surface area contributed by atoms with Gasteiger partial charge in [0, 0.05) is 11.8 Å². The number of carbonyl (C=O) groups is 1. The van der Waals surface area contributed by atoms with Gasteiger partial charge < -0.3 is 9.53 Å². The van der Waals surface area contributed by atoms with E-state index in [9.17, 15) is 9.90 Å². The first kappa shape index (κ1) is 22.8. The van der Waals surface area contributed by atoms with Gasteiger partial charge >= 0.3 is 0 Å². The van der Waals surface area contributed by atoms with Crippen molar-refractivity contribution in [3.8, 4) is 0 Å². The summed E-state index contributed by atoms with van der Waals surface area (Å²) in [5, 5.41) is 10.4. The summed E-state index contributed by atoms with van der Waals surface area (Å²) in [6.45, 7) is 23.0. The van der Waals surface area contributed by atoms with Gasteiger partial charge in [0.1, 0.15) is 5.78 Å². The van der Waals surface area contributed by atoms with Crippen LogP contribution in [0.25, 0.3) is 0 Å². The maximum absolute atomic E-state index is 12.8. The molecule has 0 unspecified atom stereocenters. The van der Waals surface area contributed by atoms with Gasteiger partial charge in [0.15, 0.2) is 8.32 Å². The molecule has 0 aromatic rings. The Morgan fingerprint density at radius 2 is 1.35 bits per heavy atom. The summed E-state index contributed by atoms with van der Waals surface area (Å²) < 4.78 is 6.57. The summed E-state index contributed by atoms with van der Waals surface area (Å²) in [5.41, 5.74) is 0. The molecule has 0 rings (SSSR count). The standard InChI is InChI=1S/C19H40O3Si/c1-12(2)16(20)14(5)17(21)15(6)18(13(3)4)22-23(10,11)19(7,8)9/h12-16,18,20H,1-11H3/t14-,15-,16-,18-/m1/s1. The molecule has 0 amide bonds. The maximum atomic E-state index is 12.8. The molecule has 1 N–H and O–H groups in total. The molecule has 138 valence electrons. The van der Waals surface area contributed by atoms with E-state index in [1.165, 1.54) is 0 Å². The van der Waals surface area contributed by atoms with E-state index >= 15 is 0 Å². The van der Waals surface area contributed by atoms with Crippen molar-refractivity contribution in [3.05, 3.63) is 0 Å². The SMILES string of the molecule is CC(C)[C@@H](O)[C@@H](C)C(=O)[C@@H](C)[C@H](O[Si](C)(C)C(C)(C)C)C(C)C. The zero-order valence-electron chi connectivity index (χ0n) is 17.2. The van der Waals surface area contributed by atoms with Crippen LogP contribution in [0.1, 0.15) is 62.3 Å². The molecule has 0 aliphatic rings. The number of Topliss-reactive ketones (excluding diaryl/α,β-unsaturated/α-hetero) is 1. The molecular formula is C19H40O3Si. The lowest BCUT2D eigenvalue weighted by molar-refractivity contribution is -0.134. The maximum Gasteiger partial charge on any atom is 0.192 e. The molecule has 0 spiro atoms. The summed E-state index contributed by atoms with van der Waals surface area (Å²) in [4.78, 5) is 12.8. The van der Waals surface area contributed by atoms with Crippen molar-refractivity contribution in [2.24, 2.45) is 23.7 Å². The van der Waals surface area contributed by atoms with E-state index in [1.807, 2.05) is 27.7 Å². The van der Waals surface area contributed by atoms with Crippen LogP contribution in [0.3, 0.4) is 0 Å². The Morgan fingerprint density at radius 1 is 0.913 bits per heavy atom. The van der Waals surface area contributed by atoms with Crippen LogP contribution in [-0.2, 0) is 9.22 Å². The van der Waals surface area contributed by atoms with Gasteiger partial charge in [-0.15, -0.1) is 0 Å². The largest absolute Gasteiger partial charge is 0.413 e. The van der Waals surface area contributed by atoms with Gasteiger partial charge in [0.25, 0.3) is 0 Å². The Balaban J connectivity index is 5.29. The van der Waals surface area contributed by atoms with Crippen LogP contribution in [0.15, 0.2) is 0 Å². The van der Waals surface area contributed by atoms with E-state index in [0.717, 1.165) is 0 Å². The Morgan fingerprint density at radius 3 is 1.65 bits per heavy atom. The van der Waals surface area contributed by atoms with Gasteiger partial charge in [0.05, 0.1) is 12.2 Å². The number of aliphatic hydroxyl groups is 1. The fourth-order valence-electron chi connectivity index (χ4n) is 2.65. The van der Waals surface area contributed by atoms with E-state index in [1.54, 1.807) is 0 Å². The van der Waals surface area contributed by atoms with E-state index in [4.69, 9.17) is 4.43 Å². The molecule has 0 heterocycles. The first-order valence-corrected chi connectivity index (χ1v) is 11.9. The topological polar surface area (TPSA) is 46.5 Å². The first-order valence-electron chi connectivity index (χ1n) is 9.03. The van der Waals surface area contributed by atoms with E-state index in [0.29, 0.717) is 0 Å². The first-order chi connectivity index (χ1) is 10.1. The Labute approximate surface area is 145 Å². The minimum Gasteiger partial charge on any atom is -0.413 e. The fourth-order valence-corrected chi connectivity index (χ4v) is 4.16. The minimum absolute atomic E-state index is 0.0833. The third-order valence-corrected chi connectivity index (χ3v) is 9.95. The van der Waals surface area contributed by atoms with Gasteiger partial charge in [-0.2, -0.15) is 0 Å². The Kier molecular flexibility index (Phi) is 8.19. The van der Waals surface area contributed by atoms with E-state index < -0.39 is 14.4 Å². The lowest BCUT2D eigenvalue weighted by Gasteiger charge is -2.42. The summed E-state index contributed by atoms with van der Waals surface area (Å²) >= 11 is 0. The molecule has 4 heteroatoms. The van der Waals surface area contributed by atoms with Gasteiger partial charge in [0.2, 0.25) is 0 Å². The van der Waals surface area contributed by atoms with Gasteiger partial charge in [-0.3, -0.25) is 4.79 Å². The van der Waals surface area contributed by atoms with Crippen LogP contribution in [0.4, 0.5) is 0 Å². The molecule has 0 bridgehead atoms.